The number of rotatable bonds is 5. The third-order valence-corrected chi connectivity index (χ3v) is 4.52. The van der Waals surface area contributed by atoms with Crippen molar-refractivity contribution in [3.63, 3.8) is 0 Å². The number of hydrogen-bond acceptors (Lipinski definition) is 3. The second-order valence-corrected chi connectivity index (χ2v) is 7.26. The highest BCUT2D eigenvalue weighted by Gasteiger charge is 2.30. The van der Waals surface area contributed by atoms with Gasteiger partial charge in [-0.1, -0.05) is 34.1 Å². The van der Waals surface area contributed by atoms with Gasteiger partial charge in [-0.2, -0.15) is 13.2 Å². The maximum atomic E-state index is 13.0. The van der Waals surface area contributed by atoms with E-state index in [9.17, 15) is 22.8 Å². The normalized spacial score (nSPS) is 11.7. The lowest BCUT2D eigenvalue weighted by Crippen LogP contribution is -2.30. The van der Waals surface area contributed by atoms with Crippen LogP contribution in [0.4, 0.5) is 18.9 Å². The van der Waals surface area contributed by atoms with E-state index >= 15 is 0 Å². The lowest BCUT2D eigenvalue weighted by molar-refractivity contribution is -0.137. The van der Waals surface area contributed by atoms with Crippen LogP contribution in [0.25, 0.3) is 6.08 Å². The van der Waals surface area contributed by atoms with E-state index in [-0.39, 0.29) is 11.4 Å². The number of carbonyl (C=O) groups is 2. The predicted octanol–water partition coefficient (Wildman–Crippen LogP) is 5.27. The summed E-state index contributed by atoms with van der Waals surface area (Å²) >= 11 is 3.27. The van der Waals surface area contributed by atoms with E-state index in [1.807, 2.05) is 0 Å². The minimum atomic E-state index is -4.55. The Bertz CT molecular complexity index is 1130. The van der Waals surface area contributed by atoms with Crippen molar-refractivity contribution in [3.8, 4) is 0 Å². The number of alkyl halides is 3. The molecule has 1 heterocycles. The average molecular weight is 490 g/mol. The van der Waals surface area contributed by atoms with Crippen molar-refractivity contribution in [2.45, 2.75) is 6.18 Å². The Morgan fingerprint density at radius 2 is 1.77 bits per heavy atom. The lowest BCUT2D eigenvalue weighted by Gasteiger charge is -2.13. The molecule has 1 aromatic heterocycles. The molecule has 2 N–H and O–H groups in total. The Labute approximate surface area is 184 Å². The molecule has 3 aromatic rings. The first-order valence-electron chi connectivity index (χ1n) is 8.89. The van der Waals surface area contributed by atoms with Gasteiger partial charge in [0.2, 0.25) is 0 Å². The van der Waals surface area contributed by atoms with Gasteiger partial charge in [0.15, 0.2) is 0 Å². The van der Waals surface area contributed by atoms with Gasteiger partial charge < -0.3 is 10.6 Å². The van der Waals surface area contributed by atoms with Crippen LogP contribution >= 0.6 is 15.9 Å². The van der Waals surface area contributed by atoms with E-state index in [1.54, 1.807) is 42.6 Å². The molecule has 0 saturated heterocycles. The molecule has 158 valence electrons. The van der Waals surface area contributed by atoms with Gasteiger partial charge in [-0.05, 0) is 54.1 Å². The SMILES string of the molecule is O=C(Nc1cccc(C(F)(F)F)c1)/C(=C/c1cccnc1)NC(=O)c1cccc(Br)c1. The van der Waals surface area contributed by atoms with Crippen LogP contribution in [0.1, 0.15) is 21.5 Å². The molecule has 0 saturated carbocycles. The van der Waals surface area contributed by atoms with Crippen LogP contribution in [0.2, 0.25) is 0 Å². The molecule has 0 aliphatic heterocycles. The number of halogens is 4. The fraction of sp³-hybridized carbons (Fsp3) is 0.0455. The zero-order chi connectivity index (χ0) is 22.4. The molecule has 2 amide bonds. The first kappa shape index (κ1) is 22.2. The van der Waals surface area contributed by atoms with E-state index in [1.165, 1.54) is 24.4 Å². The number of carbonyl (C=O) groups excluding carboxylic acids is 2. The maximum Gasteiger partial charge on any atom is 0.416 e. The number of amides is 2. The van der Waals surface area contributed by atoms with E-state index < -0.39 is 23.6 Å². The van der Waals surface area contributed by atoms with E-state index in [0.717, 1.165) is 12.1 Å². The summed E-state index contributed by atoms with van der Waals surface area (Å²) in [6.45, 7) is 0. The molecule has 9 heteroatoms. The molecule has 3 rings (SSSR count). The monoisotopic (exact) mass is 489 g/mol. The second kappa shape index (κ2) is 9.57. The van der Waals surface area contributed by atoms with E-state index in [2.05, 4.69) is 31.5 Å². The molecule has 0 aliphatic rings. The summed E-state index contributed by atoms with van der Waals surface area (Å²) in [5, 5.41) is 4.90. The number of nitrogens with zero attached hydrogens (tertiary/aromatic N) is 1. The Balaban J connectivity index is 1.88. The Morgan fingerprint density at radius 1 is 1.00 bits per heavy atom. The zero-order valence-corrected chi connectivity index (χ0v) is 17.4. The highest BCUT2D eigenvalue weighted by molar-refractivity contribution is 9.10. The highest BCUT2D eigenvalue weighted by atomic mass is 79.9. The molecule has 0 atom stereocenters. The third kappa shape index (κ3) is 6.26. The standard InChI is InChI=1S/C22H15BrF3N3O2/c23-17-7-1-5-15(11-17)20(30)29-19(10-14-4-3-9-27-13-14)21(31)28-18-8-2-6-16(12-18)22(24,25)26/h1-13H,(H,28,31)(H,29,30)/b19-10-. The van der Waals surface area contributed by atoms with Crippen LogP contribution in [0, 0.1) is 0 Å². The Hall–Kier alpha value is -3.46. The number of benzene rings is 2. The van der Waals surface area contributed by atoms with Crippen molar-refractivity contribution in [2.75, 3.05) is 5.32 Å². The van der Waals surface area contributed by atoms with Gasteiger partial charge in [-0.3, -0.25) is 14.6 Å². The second-order valence-electron chi connectivity index (χ2n) is 6.34. The van der Waals surface area contributed by atoms with Crippen molar-refractivity contribution in [2.24, 2.45) is 0 Å². The number of anilines is 1. The number of pyridine rings is 1. The summed E-state index contributed by atoms with van der Waals surface area (Å²) in [7, 11) is 0. The predicted molar refractivity (Wildman–Crippen MR) is 114 cm³/mol. The first-order valence-corrected chi connectivity index (χ1v) is 9.69. The largest absolute Gasteiger partial charge is 0.416 e. The average Bonchev–Trinajstić information content (AvgIpc) is 2.73. The molecule has 31 heavy (non-hydrogen) atoms. The van der Waals surface area contributed by atoms with E-state index in [0.29, 0.717) is 15.6 Å². The minimum absolute atomic E-state index is 0.0615. The fourth-order valence-corrected chi connectivity index (χ4v) is 2.98. The van der Waals surface area contributed by atoms with Crippen LogP contribution in [0.5, 0.6) is 0 Å². The topological polar surface area (TPSA) is 71.1 Å². The number of nitrogens with one attached hydrogen (secondary N) is 2. The van der Waals surface area contributed by atoms with Gasteiger partial charge in [0, 0.05) is 28.1 Å². The quantitative estimate of drug-likeness (QED) is 0.479. The maximum absolute atomic E-state index is 13.0. The Morgan fingerprint density at radius 3 is 2.45 bits per heavy atom. The summed E-state index contributed by atoms with van der Waals surface area (Å²) in [5.41, 5.74) is -0.310. The molecule has 5 nitrogen and oxygen atoms in total. The van der Waals surface area contributed by atoms with Gasteiger partial charge in [-0.15, -0.1) is 0 Å². The van der Waals surface area contributed by atoms with Gasteiger partial charge >= 0.3 is 6.18 Å². The van der Waals surface area contributed by atoms with Crippen molar-refractivity contribution >= 4 is 39.5 Å². The van der Waals surface area contributed by atoms with E-state index in [4.69, 9.17) is 0 Å². The van der Waals surface area contributed by atoms with Crippen LogP contribution in [0.3, 0.4) is 0 Å². The highest BCUT2D eigenvalue weighted by Crippen LogP contribution is 2.30. The van der Waals surface area contributed by atoms with Crippen molar-refractivity contribution in [3.05, 3.63) is 99.9 Å². The van der Waals surface area contributed by atoms with Crippen LogP contribution in [-0.4, -0.2) is 16.8 Å². The minimum Gasteiger partial charge on any atom is -0.321 e. The van der Waals surface area contributed by atoms with Crippen LogP contribution in [0.15, 0.2) is 83.2 Å². The summed E-state index contributed by atoms with van der Waals surface area (Å²) < 4.78 is 39.5. The summed E-state index contributed by atoms with van der Waals surface area (Å²) in [6, 6.07) is 14.1. The molecular formula is C22H15BrF3N3O2. The molecule has 0 spiro atoms. The van der Waals surface area contributed by atoms with Crippen LogP contribution < -0.4 is 10.6 Å². The summed E-state index contributed by atoms with van der Waals surface area (Å²) in [5.74, 6) is -1.35. The lowest BCUT2D eigenvalue weighted by atomic mass is 10.1. The van der Waals surface area contributed by atoms with Gasteiger partial charge in [0.25, 0.3) is 11.8 Å². The summed E-state index contributed by atoms with van der Waals surface area (Å²) in [4.78, 5) is 29.4. The molecule has 0 fully saturated rings. The van der Waals surface area contributed by atoms with Gasteiger partial charge in [-0.25, -0.2) is 0 Å². The zero-order valence-electron chi connectivity index (χ0n) is 15.8. The molecule has 0 radical (unpaired) electrons. The van der Waals surface area contributed by atoms with Crippen molar-refractivity contribution in [1.29, 1.82) is 0 Å². The van der Waals surface area contributed by atoms with Gasteiger partial charge in [0.05, 0.1) is 5.56 Å². The summed E-state index contributed by atoms with van der Waals surface area (Å²) in [6.07, 6.45) is -0.154. The Kier molecular flexibility index (Phi) is 6.86. The smallest absolute Gasteiger partial charge is 0.321 e. The molecule has 2 aromatic carbocycles. The van der Waals surface area contributed by atoms with Gasteiger partial charge in [0.1, 0.15) is 5.70 Å². The molecule has 0 unspecified atom stereocenters. The van der Waals surface area contributed by atoms with Crippen molar-refractivity contribution < 1.29 is 22.8 Å². The van der Waals surface area contributed by atoms with Crippen LogP contribution in [-0.2, 0) is 11.0 Å². The number of hydrogen-bond donors (Lipinski definition) is 2. The third-order valence-electron chi connectivity index (χ3n) is 4.02. The molecular weight excluding hydrogens is 475 g/mol. The number of aromatic nitrogens is 1. The molecule has 0 aliphatic carbocycles. The first-order chi connectivity index (χ1) is 14.7. The fourth-order valence-electron chi connectivity index (χ4n) is 2.58. The molecule has 0 bridgehead atoms. The van der Waals surface area contributed by atoms with Crippen molar-refractivity contribution in [1.82, 2.24) is 10.3 Å².